The molecule has 0 aliphatic carbocycles. The Labute approximate surface area is 209 Å². The number of sulfone groups is 1. The molecular weight excluding hydrogens is 509 g/mol. The average molecular weight is 529 g/mol. The Bertz CT molecular complexity index is 1690. The van der Waals surface area contributed by atoms with Gasteiger partial charge in [0.05, 0.1) is 32.6 Å². The van der Waals surface area contributed by atoms with Crippen molar-refractivity contribution in [2.45, 2.75) is 30.9 Å². The number of benzene rings is 3. The lowest BCUT2D eigenvalue weighted by Crippen LogP contribution is -2.13. The largest absolute Gasteiger partial charge is 0.416 e. The van der Waals surface area contributed by atoms with Crippen LogP contribution < -0.4 is 0 Å². The van der Waals surface area contributed by atoms with E-state index >= 15 is 0 Å². The number of thiazole rings is 1. The van der Waals surface area contributed by atoms with Gasteiger partial charge >= 0.3 is 6.18 Å². The maximum absolute atomic E-state index is 13.5. The van der Waals surface area contributed by atoms with Crippen LogP contribution in [0, 0.1) is 13.8 Å². The van der Waals surface area contributed by atoms with Gasteiger partial charge in [-0.15, -0.1) is 21.5 Å². The van der Waals surface area contributed by atoms with Crippen molar-refractivity contribution in [1.82, 2.24) is 19.7 Å². The van der Waals surface area contributed by atoms with Gasteiger partial charge in [0.25, 0.3) is 5.16 Å². The van der Waals surface area contributed by atoms with Gasteiger partial charge in [-0.25, -0.2) is 13.4 Å². The minimum atomic E-state index is -4.51. The van der Waals surface area contributed by atoms with Crippen molar-refractivity contribution in [1.29, 1.82) is 0 Å². The maximum Gasteiger partial charge on any atom is 0.416 e. The van der Waals surface area contributed by atoms with Gasteiger partial charge < -0.3 is 0 Å². The summed E-state index contributed by atoms with van der Waals surface area (Å²) in [5.41, 5.74) is 0.604. The van der Waals surface area contributed by atoms with E-state index < -0.39 is 27.3 Å². The predicted molar refractivity (Wildman–Crippen MR) is 132 cm³/mol. The monoisotopic (exact) mass is 528 g/mol. The molecule has 0 N–H and O–H groups in total. The Hall–Kier alpha value is -3.57. The second-order valence-electron chi connectivity index (χ2n) is 8.27. The van der Waals surface area contributed by atoms with E-state index in [1.165, 1.54) is 15.9 Å². The zero-order valence-corrected chi connectivity index (χ0v) is 20.7. The summed E-state index contributed by atoms with van der Waals surface area (Å²) in [6.45, 7) is 3.66. The van der Waals surface area contributed by atoms with Crippen molar-refractivity contribution in [2.24, 2.45) is 0 Å². The van der Waals surface area contributed by atoms with Crippen molar-refractivity contribution in [3.05, 3.63) is 88.6 Å². The third-order valence-electron chi connectivity index (χ3n) is 5.65. The van der Waals surface area contributed by atoms with Crippen molar-refractivity contribution in [3.8, 4) is 16.4 Å². The Morgan fingerprint density at radius 1 is 0.917 bits per heavy atom. The first kappa shape index (κ1) is 24.1. The van der Waals surface area contributed by atoms with E-state index in [1.807, 2.05) is 50.2 Å². The maximum atomic E-state index is 13.5. The van der Waals surface area contributed by atoms with E-state index in [2.05, 4.69) is 15.2 Å². The number of hydrogen-bond donors (Lipinski definition) is 0. The normalized spacial score (nSPS) is 12.4. The molecular formula is C25H19F3N4O2S2. The molecule has 184 valence electrons. The molecule has 5 aromatic rings. The molecule has 2 heterocycles. The number of fused-ring (bicyclic) bond motifs is 1. The Kier molecular flexibility index (Phi) is 5.92. The summed E-state index contributed by atoms with van der Waals surface area (Å²) in [5, 5.41) is 10.7. The number of hydrogen-bond acceptors (Lipinski definition) is 6. The lowest BCUT2D eigenvalue weighted by atomic mass is 10.1. The molecule has 0 saturated heterocycles. The number of halogens is 3. The van der Waals surface area contributed by atoms with Crippen molar-refractivity contribution in [2.75, 3.05) is 0 Å². The van der Waals surface area contributed by atoms with E-state index in [4.69, 9.17) is 0 Å². The molecule has 3 aromatic carbocycles. The van der Waals surface area contributed by atoms with Gasteiger partial charge in [-0.1, -0.05) is 42.5 Å². The van der Waals surface area contributed by atoms with E-state index in [0.717, 1.165) is 40.0 Å². The lowest BCUT2D eigenvalue weighted by molar-refractivity contribution is -0.137. The number of alkyl halides is 3. The molecule has 0 saturated carbocycles. The molecule has 0 aliphatic heterocycles. The first-order valence-electron chi connectivity index (χ1n) is 10.8. The van der Waals surface area contributed by atoms with Crippen molar-refractivity contribution < 1.29 is 21.6 Å². The average Bonchev–Trinajstić information content (AvgIpc) is 3.41. The van der Waals surface area contributed by atoms with Crippen LogP contribution in [0.3, 0.4) is 0 Å². The van der Waals surface area contributed by atoms with Gasteiger partial charge in [0.1, 0.15) is 0 Å². The number of rotatable bonds is 5. The van der Waals surface area contributed by atoms with Crippen LogP contribution in [0.1, 0.15) is 21.8 Å². The molecule has 0 fully saturated rings. The Balaban J connectivity index is 1.64. The second-order valence-corrected chi connectivity index (χ2v) is 11.4. The molecule has 0 unspecified atom stereocenters. The van der Waals surface area contributed by atoms with Gasteiger partial charge in [0.2, 0.25) is 9.84 Å². The predicted octanol–water partition coefficient (Wildman–Crippen LogP) is 6.15. The molecule has 0 radical (unpaired) electrons. The number of nitrogens with zero attached hydrogens (tertiary/aromatic N) is 4. The topological polar surface area (TPSA) is 77.7 Å². The van der Waals surface area contributed by atoms with Crippen molar-refractivity contribution >= 4 is 31.9 Å². The highest BCUT2D eigenvalue weighted by molar-refractivity contribution is 7.90. The minimum Gasteiger partial charge on any atom is -0.265 e. The molecule has 6 nitrogen and oxygen atoms in total. The highest BCUT2D eigenvalue weighted by Crippen LogP contribution is 2.34. The molecule has 0 bridgehead atoms. The van der Waals surface area contributed by atoms with Crippen LogP contribution in [-0.2, 0) is 21.8 Å². The summed E-state index contributed by atoms with van der Waals surface area (Å²) >= 11 is 1.38. The smallest absolute Gasteiger partial charge is 0.265 e. The summed E-state index contributed by atoms with van der Waals surface area (Å²) in [4.78, 5) is 5.12. The second kappa shape index (κ2) is 8.82. The highest BCUT2D eigenvalue weighted by Gasteiger charge is 2.31. The van der Waals surface area contributed by atoms with Crippen LogP contribution in [-0.4, -0.2) is 28.2 Å². The van der Waals surface area contributed by atoms with Crippen LogP contribution in [0.15, 0.2) is 71.9 Å². The summed E-state index contributed by atoms with van der Waals surface area (Å²) in [6, 6.07) is 17.2. The summed E-state index contributed by atoms with van der Waals surface area (Å²) in [5.74, 6) is -0.197. The zero-order chi connectivity index (χ0) is 25.7. The van der Waals surface area contributed by atoms with Gasteiger partial charge in [-0.3, -0.25) is 4.57 Å². The fourth-order valence-corrected chi connectivity index (χ4v) is 6.27. The fourth-order valence-electron chi connectivity index (χ4n) is 3.98. The molecule has 2 aromatic heterocycles. The zero-order valence-electron chi connectivity index (χ0n) is 19.1. The molecule has 0 atom stereocenters. The van der Waals surface area contributed by atoms with Crippen LogP contribution >= 0.6 is 11.3 Å². The summed E-state index contributed by atoms with van der Waals surface area (Å²) in [7, 11) is -4.09. The first-order chi connectivity index (χ1) is 17.0. The third kappa shape index (κ3) is 4.51. The van der Waals surface area contributed by atoms with Crippen molar-refractivity contribution in [3.63, 3.8) is 0 Å². The van der Waals surface area contributed by atoms with Gasteiger partial charge in [-0.05, 0) is 54.4 Å². The summed E-state index contributed by atoms with van der Waals surface area (Å²) in [6.07, 6.45) is -4.51. The van der Waals surface area contributed by atoms with E-state index in [-0.39, 0.29) is 10.7 Å². The van der Waals surface area contributed by atoms with E-state index in [1.54, 1.807) is 6.07 Å². The van der Waals surface area contributed by atoms with Crippen LogP contribution in [0.4, 0.5) is 13.2 Å². The Morgan fingerprint density at radius 2 is 1.61 bits per heavy atom. The SMILES string of the molecule is Cc1nc(C)c(-c2nnc(S(=O)(=O)Cc3ccc(C(F)(F)F)cc3)n2-c2ccc3ccccc3c2)s1. The quantitative estimate of drug-likeness (QED) is 0.273. The van der Waals surface area contributed by atoms with Crippen LogP contribution in [0.2, 0.25) is 0 Å². The number of aryl methyl sites for hydroxylation is 2. The van der Waals surface area contributed by atoms with Crippen LogP contribution in [0.5, 0.6) is 0 Å². The summed E-state index contributed by atoms with van der Waals surface area (Å²) < 4.78 is 67.3. The molecule has 0 aliphatic rings. The Morgan fingerprint density at radius 3 is 2.25 bits per heavy atom. The minimum absolute atomic E-state index is 0.211. The standard InChI is InChI=1S/C25H19F3N4O2S2/c1-15-22(35-16(2)29-15)23-30-31-24(32(23)21-12-9-18-5-3-4-6-19(18)13-21)36(33,34)14-17-7-10-20(11-8-17)25(26,27)28/h3-13H,14H2,1-2H3. The van der Waals surface area contributed by atoms with Gasteiger partial charge in [0, 0.05) is 0 Å². The lowest BCUT2D eigenvalue weighted by Gasteiger charge is -2.12. The highest BCUT2D eigenvalue weighted by atomic mass is 32.2. The molecule has 36 heavy (non-hydrogen) atoms. The molecule has 11 heteroatoms. The van der Waals surface area contributed by atoms with Gasteiger partial charge in [-0.2, -0.15) is 13.2 Å². The molecule has 5 rings (SSSR count). The van der Waals surface area contributed by atoms with E-state index in [0.29, 0.717) is 22.1 Å². The molecule has 0 spiro atoms. The number of aromatic nitrogens is 4. The third-order valence-corrected chi connectivity index (χ3v) is 8.25. The molecule has 0 amide bonds. The first-order valence-corrected chi connectivity index (χ1v) is 13.3. The fraction of sp³-hybridized carbons (Fsp3) is 0.160. The van der Waals surface area contributed by atoms with E-state index in [9.17, 15) is 21.6 Å². The van der Waals surface area contributed by atoms with Gasteiger partial charge in [0.15, 0.2) is 5.82 Å². The van der Waals surface area contributed by atoms with Crippen LogP contribution in [0.25, 0.3) is 27.2 Å².